The highest BCUT2D eigenvalue weighted by Gasteiger charge is 2.17. The molecule has 1 aromatic carbocycles. The van der Waals surface area contributed by atoms with Crippen LogP contribution in [-0.2, 0) is 16.1 Å². The lowest BCUT2D eigenvalue weighted by Gasteiger charge is -2.06. The molecule has 0 amide bonds. The van der Waals surface area contributed by atoms with Gasteiger partial charge >= 0.3 is 5.97 Å². The Kier molecular flexibility index (Phi) is 6.31. The number of ketones is 1. The highest BCUT2D eigenvalue weighted by atomic mass is 35.5. The van der Waals surface area contributed by atoms with Crippen LogP contribution in [0.15, 0.2) is 52.2 Å². The molecule has 0 fully saturated rings. The van der Waals surface area contributed by atoms with Gasteiger partial charge in [0, 0.05) is 17.1 Å². The Morgan fingerprint density at radius 3 is 2.67 bits per heavy atom. The summed E-state index contributed by atoms with van der Waals surface area (Å²) in [5.74, 6) is 0.419. The van der Waals surface area contributed by atoms with E-state index in [9.17, 15) is 9.59 Å². The summed E-state index contributed by atoms with van der Waals surface area (Å²) in [5, 5.41) is 9.31. The fraction of sp³-hybridized carbons (Fsp3) is 0.222. The van der Waals surface area contributed by atoms with Crippen molar-refractivity contribution in [2.75, 3.05) is 12.4 Å². The monoisotopic (exact) mass is 405 g/mol. The molecule has 0 bridgehead atoms. The molecule has 0 unspecified atom stereocenters. The second kappa shape index (κ2) is 8.88. The third-order valence-electron chi connectivity index (χ3n) is 3.62. The van der Waals surface area contributed by atoms with Crippen molar-refractivity contribution in [3.63, 3.8) is 0 Å². The minimum absolute atomic E-state index is 0.0180. The second-order valence-electron chi connectivity index (χ2n) is 5.41. The molecule has 0 atom stereocenters. The number of carbonyl (C=O) groups is 2. The van der Waals surface area contributed by atoms with Crippen LogP contribution in [0.3, 0.4) is 0 Å². The molecule has 0 aliphatic rings. The van der Waals surface area contributed by atoms with Crippen molar-refractivity contribution in [3.8, 4) is 11.6 Å². The number of benzene rings is 1. The van der Waals surface area contributed by atoms with Crippen LogP contribution in [0.25, 0.3) is 11.6 Å². The van der Waals surface area contributed by atoms with Gasteiger partial charge < -0.3 is 9.15 Å². The molecule has 27 heavy (non-hydrogen) atoms. The number of thioether (sulfide) groups is 1. The molecule has 7 nitrogen and oxygen atoms in total. The van der Waals surface area contributed by atoms with E-state index in [1.54, 1.807) is 42.7 Å². The SMILES string of the molecule is CCn1c(SCC(=O)OCC(=O)c2ccc(Cl)cc2)nnc1-c1ccco1. The summed E-state index contributed by atoms with van der Waals surface area (Å²) in [6.45, 7) is 2.25. The Morgan fingerprint density at radius 2 is 2.00 bits per heavy atom. The summed E-state index contributed by atoms with van der Waals surface area (Å²) in [4.78, 5) is 24.0. The Labute approximate surface area is 164 Å². The Morgan fingerprint density at radius 1 is 1.22 bits per heavy atom. The van der Waals surface area contributed by atoms with E-state index in [-0.39, 0.29) is 18.1 Å². The number of halogens is 1. The highest BCUT2D eigenvalue weighted by Crippen LogP contribution is 2.24. The number of Topliss-reactive ketones (excluding diaryl/α,β-unsaturated/α-hetero) is 1. The molecule has 2 aromatic heterocycles. The Balaban J connectivity index is 1.53. The lowest BCUT2D eigenvalue weighted by atomic mass is 10.1. The smallest absolute Gasteiger partial charge is 0.316 e. The van der Waals surface area contributed by atoms with E-state index >= 15 is 0 Å². The average Bonchev–Trinajstić information content (AvgIpc) is 3.33. The number of carbonyl (C=O) groups excluding carboxylic acids is 2. The van der Waals surface area contributed by atoms with E-state index in [4.69, 9.17) is 20.8 Å². The van der Waals surface area contributed by atoms with Gasteiger partial charge in [-0.25, -0.2) is 0 Å². The first-order valence-electron chi connectivity index (χ1n) is 8.12. The molecule has 2 heterocycles. The molecule has 3 rings (SSSR count). The molecule has 0 aliphatic heterocycles. The first-order chi connectivity index (χ1) is 13.1. The maximum absolute atomic E-state index is 12.0. The van der Waals surface area contributed by atoms with Crippen LogP contribution in [-0.4, -0.2) is 38.9 Å². The number of esters is 1. The van der Waals surface area contributed by atoms with E-state index in [1.807, 2.05) is 11.5 Å². The minimum atomic E-state index is -0.507. The number of aromatic nitrogens is 3. The van der Waals surface area contributed by atoms with Gasteiger partial charge in [0.1, 0.15) is 0 Å². The number of nitrogens with zero attached hydrogens (tertiary/aromatic N) is 3. The predicted molar refractivity (Wildman–Crippen MR) is 101 cm³/mol. The zero-order valence-corrected chi connectivity index (χ0v) is 16.0. The number of hydrogen-bond acceptors (Lipinski definition) is 7. The van der Waals surface area contributed by atoms with Crippen molar-refractivity contribution in [2.45, 2.75) is 18.6 Å². The maximum atomic E-state index is 12.0. The van der Waals surface area contributed by atoms with Crippen LogP contribution in [0.2, 0.25) is 5.02 Å². The summed E-state index contributed by atoms with van der Waals surface area (Å²) >= 11 is 6.98. The first-order valence-corrected chi connectivity index (χ1v) is 9.49. The normalized spacial score (nSPS) is 10.7. The van der Waals surface area contributed by atoms with Gasteiger partial charge in [0.2, 0.25) is 0 Å². The van der Waals surface area contributed by atoms with Crippen LogP contribution < -0.4 is 0 Å². The van der Waals surface area contributed by atoms with E-state index in [2.05, 4.69) is 10.2 Å². The van der Waals surface area contributed by atoms with Gasteiger partial charge in [-0.2, -0.15) is 0 Å². The lowest BCUT2D eigenvalue weighted by molar-refractivity contribution is -0.139. The van der Waals surface area contributed by atoms with Gasteiger partial charge in [-0.05, 0) is 43.3 Å². The molecular weight excluding hydrogens is 390 g/mol. The number of rotatable bonds is 8. The number of ether oxygens (including phenoxy) is 1. The average molecular weight is 406 g/mol. The van der Waals surface area contributed by atoms with E-state index in [0.717, 1.165) is 0 Å². The molecule has 9 heteroatoms. The van der Waals surface area contributed by atoms with Gasteiger partial charge in [0.15, 0.2) is 29.1 Å². The lowest BCUT2D eigenvalue weighted by Crippen LogP contribution is -2.15. The fourth-order valence-electron chi connectivity index (χ4n) is 2.30. The largest absolute Gasteiger partial charge is 0.461 e. The summed E-state index contributed by atoms with van der Waals surface area (Å²) in [6, 6.07) is 9.97. The summed E-state index contributed by atoms with van der Waals surface area (Å²) in [5.41, 5.74) is 0.439. The van der Waals surface area contributed by atoms with Crippen molar-refractivity contribution < 1.29 is 18.7 Å². The summed E-state index contributed by atoms with van der Waals surface area (Å²) < 4.78 is 12.2. The molecule has 0 radical (unpaired) electrons. The molecule has 0 saturated carbocycles. The minimum Gasteiger partial charge on any atom is -0.461 e. The Hall–Kier alpha value is -2.58. The highest BCUT2D eigenvalue weighted by molar-refractivity contribution is 7.99. The van der Waals surface area contributed by atoms with Crippen LogP contribution in [0.5, 0.6) is 0 Å². The second-order valence-corrected chi connectivity index (χ2v) is 6.79. The molecule has 0 spiro atoms. The number of hydrogen-bond donors (Lipinski definition) is 0. The van der Waals surface area contributed by atoms with Crippen molar-refractivity contribution in [2.24, 2.45) is 0 Å². The first kappa shape index (κ1) is 19.2. The quantitative estimate of drug-likeness (QED) is 0.320. The van der Waals surface area contributed by atoms with E-state index < -0.39 is 5.97 Å². The van der Waals surface area contributed by atoms with Crippen molar-refractivity contribution >= 4 is 35.1 Å². The van der Waals surface area contributed by atoms with Crippen molar-refractivity contribution in [1.29, 1.82) is 0 Å². The molecule has 140 valence electrons. The van der Waals surface area contributed by atoms with Crippen LogP contribution in [0.4, 0.5) is 0 Å². The van der Waals surface area contributed by atoms with Gasteiger partial charge in [-0.15, -0.1) is 10.2 Å². The van der Waals surface area contributed by atoms with E-state index in [0.29, 0.717) is 33.9 Å². The zero-order valence-electron chi connectivity index (χ0n) is 14.4. The van der Waals surface area contributed by atoms with E-state index in [1.165, 1.54) is 11.8 Å². The van der Waals surface area contributed by atoms with Gasteiger partial charge in [-0.3, -0.25) is 14.2 Å². The van der Waals surface area contributed by atoms with Crippen molar-refractivity contribution in [3.05, 3.63) is 53.2 Å². The molecular formula is C18H16ClN3O4S. The summed E-state index contributed by atoms with van der Waals surface area (Å²) in [6.07, 6.45) is 1.56. The standard InChI is InChI=1S/C18H16ClN3O4S/c1-2-22-17(15-4-3-9-25-15)20-21-18(22)27-11-16(24)26-10-14(23)12-5-7-13(19)8-6-12/h3-9H,2,10-11H2,1H3. The van der Waals surface area contributed by atoms with Gasteiger partial charge in [-0.1, -0.05) is 23.4 Å². The van der Waals surface area contributed by atoms with Gasteiger partial charge in [0.05, 0.1) is 12.0 Å². The molecule has 3 aromatic rings. The summed E-state index contributed by atoms with van der Waals surface area (Å²) in [7, 11) is 0. The van der Waals surface area contributed by atoms with Crippen LogP contribution in [0.1, 0.15) is 17.3 Å². The maximum Gasteiger partial charge on any atom is 0.316 e. The van der Waals surface area contributed by atoms with Crippen LogP contribution in [0, 0.1) is 0 Å². The fourth-order valence-corrected chi connectivity index (χ4v) is 3.23. The van der Waals surface area contributed by atoms with Crippen LogP contribution >= 0.6 is 23.4 Å². The van der Waals surface area contributed by atoms with Gasteiger partial charge in [0.25, 0.3) is 0 Å². The third kappa shape index (κ3) is 4.78. The number of furan rings is 1. The molecule has 0 saturated heterocycles. The van der Waals surface area contributed by atoms with Crippen molar-refractivity contribution in [1.82, 2.24) is 14.8 Å². The zero-order chi connectivity index (χ0) is 19.2. The topological polar surface area (TPSA) is 87.2 Å². The molecule has 0 N–H and O–H groups in total. The Bertz CT molecular complexity index is 923. The predicted octanol–water partition coefficient (Wildman–Crippen LogP) is 3.73. The third-order valence-corrected chi connectivity index (χ3v) is 4.82. The molecule has 0 aliphatic carbocycles.